The Hall–Kier alpha value is -1.28. The van der Waals surface area contributed by atoms with Crippen LogP contribution in [0.3, 0.4) is 0 Å². The molecule has 2 rings (SSSR count). The number of unbranched alkanes of at least 4 members (excludes halogenated alkanes) is 3. The third-order valence-electron chi connectivity index (χ3n) is 5.01. The fourth-order valence-electron chi connectivity index (χ4n) is 3.51. The first-order chi connectivity index (χ1) is 11.7. The Bertz CT molecular complexity index is 586. The highest BCUT2D eigenvalue weighted by Crippen LogP contribution is 2.32. The smallest absolute Gasteiger partial charge is 0.251 e. The number of benzene rings is 2. The second kappa shape index (κ2) is 9.88. The molecule has 0 saturated carbocycles. The zero-order valence-electron chi connectivity index (χ0n) is 15.8. The lowest BCUT2D eigenvalue weighted by atomic mass is 10.1. The molecule has 0 aromatic heterocycles. The molecule has 0 aliphatic heterocycles. The summed E-state index contributed by atoms with van der Waals surface area (Å²) in [7, 11) is -1.69. The van der Waals surface area contributed by atoms with Crippen LogP contribution in [0.2, 0.25) is 18.1 Å². The van der Waals surface area contributed by atoms with Crippen molar-refractivity contribution in [1.82, 2.24) is 0 Å². The van der Waals surface area contributed by atoms with E-state index in [1.807, 2.05) is 0 Å². The molecule has 0 spiro atoms. The normalized spacial score (nSPS) is 11.8. The van der Waals surface area contributed by atoms with Gasteiger partial charge in [-0.2, -0.15) is 0 Å². The Kier molecular flexibility index (Phi) is 7.84. The zero-order chi connectivity index (χ0) is 17.3. The highest BCUT2D eigenvalue weighted by molar-refractivity contribution is 6.74. The molecule has 0 saturated heterocycles. The molecular weight excluding hydrogens is 308 g/mol. The molecule has 0 radical (unpaired) electrons. The van der Waals surface area contributed by atoms with Gasteiger partial charge in [0, 0.05) is 0 Å². The van der Waals surface area contributed by atoms with Crippen molar-refractivity contribution >= 4 is 19.1 Å². The molecule has 0 amide bonds. The minimum atomic E-state index is -1.69. The molecule has 0 heterocycles. The van der Waals surface area contributed by atoms with Gasteiger partial charge in [-0.05, 0) is 41.0 Å². The number of rotatable bonds is 11. The average molecular weight is 343 g/mol. The first kappa shape index (κ1) is 19.0. The van der Waals surface area contributed by atoms with Crippen molar-refractivity contribution < 1.29 is 4.43 Å². The van der Waals surface area contributed by atoms with Crippen LogP contribution in [0.15, 0.2) is 42.5 Å². The molecule has 132 valence electrons. The van der Waals surface area contributed by atoms with Crippen LogP contribution in [-0.2, 0) is 0 Å². The Labute approximate surface area is 149 Å². The molecule has 2 aromatic carbocycles. The molecule has 0 aliphatic carbocycles. The van der Waals surface area contributed by atoms with Gasteiger partial charge in [0.1, 0.15) is 5.75 Å². The molecule has 0 atom stereocenters. The van der Waals surface area contributed by atoms with Gasteiger partial charge in [-0.15, -0.1) is 0 Å². The summed E-state index contributed by atoms with van der Waals surface area (Å²) >= 11 is 0. The van der Waals surface area contributed by atoms with Gasteiger partial charge in [0.25, 0.3) is 8.32 Å². The lowest BCUT2D eigenvalue weighted by molar-refractivity contribution is 0.511. The van der Waals surface area contributed by atoms with Gasteiger partial charge >= 0.3 is 0 Å². The molecule has 2 aromatic rings. The van der Waals surface area contributed by atoms with Crippen molar-refractivity contribution in [2.24, 2.45) is 0 Å². The summed E-state index contributed by atoms with van der Waals surface area (Å²) in [5.41, 5.74) is 0. The maximum absolute atomic E-state index is 6.86. The summed E-state index contributed by atoms with van der Waals surface area (Å²) in [4.78, 5) is 0. The van der Waals surface area contributed by atoms with Crippen molar-refractivity contribution in [3.63, 3.8) is 0 Å². The number of hydrogen-bond acceptors (Lipinski definition) is 1. The summed E-state index contributed by atoms with van der Waals surface area (Å²) in [5, 5.41) is 2.59. The second-order valence-corrected chi connectivity index (χ2v) is 11.2. The first-order valence-electron chi connectivity index (χ1n) is 9.91. The van der Waals surface area contributed by atoms with Crippen molar-refractivity contribution in [3.05, 3.63) is 42.5 Å². The summed E-state index contributed by atoms with van der Waals surface area (Å²) in [6, 6.07) is 19.2. The van der Waals surface area contributed by atoms with Crippen molar-refractivity contribution in [1.29, 1.82) is 0 Å². The van der Waals surface area contributed by atoms with Crippen molar-refractivity contribution in [3.8, 4) is 5.75 Å². The summed E-state index contributed by atoms with van der Waals surface area (Å²) in [6.45, 7) is 6.90. The summed E-state index contributed by atoms with van der Waals surface area (Å²) in [5.74, 6) is 1.10. The van der Waals surface area contributed by atoms with Gasteiger partial charge in [-0.1, -0.05) is 89.6 Å². The fourth-order valence-corrected chi connectivity index (χ4v) is 8.18. The fraction of sp³-hybridized carbons (Fsp3) is 0.545. The maximum Gasteiger partial charge on any atom is 0.251 e. The van der Waals surface area contributed by atoms with E-state index in [2.05, 4.69) is 63.2 Å². The minimum absolute atomic E-state index is 1.10. The minimum Gasteiger partial charge on any atom is -0.543 e. The summed E-state index contributed by atoms with van der Waals surface area (Å²) < 4.78 is 6.86. The van der Waals surface area contributed by atoms with Crippen LogP contribution < -0.4 is 4.43 Å². The van der Waals surface area contributed by atoms with Crippen LogP contribution in [-0.4, -0.2) is 8.32 Å². The van der Waals surface area contributed by atoms with Crippen LogP contribution >= 0.6 is 0 Å². The van der Waals surface area contributed by atoms with Gasteiger partial charge in [-0.25, -0.2) is 0 Å². The number of fused-ring (bicyclic) bond motifs is 1. The number of hydrogen-bond donors (Lipinski definition) is 0. The van der Waals surface area contributed by atoms with E-state index in [1.165, 1.54) is 67.4 Å². The van der Waals surface area contributed by atoms with Crippen LogP contribution in [0, 0.1) is 0 Å². The molecule has 0 unspecified atom stereocenters. The van der Waals surface area contributed by atoms with Gasteiger partial charge in [0.15, 0.2) is 0 Å². The molecule has 2 heteroatoms. The van der Waals surface area contributed by atoms with Crippen LogP contribution in [0.4, 0.5) is 0 Å². The van der Waals surface area contributed by atoms with Crippen LogP contribution in [0.25, 0.3) is 10.8 Å². The molecule has 1 nitrogen and oxygen atoms in total. The van der Waals surface area contributed by atoms with E-state index in [-0.39, 0.29) is 0 Å². The zero-order valence-corrected chi connectivity index (χ0v) is 16.8. The predicted octanol–water partition coefficient (Wildman–Crippen LogP) is 7.56. The lowest BCUT2D eigenvalue weighted by Gasteiger charge is -2.32. The van der Waals surface area contributed by atoms with Crippen molar-refractivity contribution in [2.45, 2.75) is 77.4 Å². The van der Waals surface area contributed by atoms with Crippen molar-refractivity contribution in [2.75, 3.05) is 0 Å². The quantitative estimate of drug-likeness (QED) is 0.383. The summed E-state index contributed by atoms with van der Waals surface area (Å²) in [6.07, 6.45) is 7.75. The Balaban J connectivity index is 2.24. The SMILES string of the molecule is CCCC[Si](CCCC)(CCCC)Oc1ccc2ccccc2c1. The standard InChI is InChI=1S/C22H34OSi/c1-4-7-16-24(17-8-5-2,18-9-6-3)23-22-15-14-20-12-10-11-13-21(20)19-22/h10-15,19H,4-9,16-18H2,1-3H3. The molecular formula is C22H34OSi. The predicted molar refractivity (Wildman–Crippen MR) is 109 cm³/mol. The van der Waals surface area contributed by atoms with E-state index in [0.717, 1.165) is 5.75 Å². The van der Waals surface area contributed by atoms with E-state index in [0.29, 0.717) is 0 Å². The monoisotopic (exact) mass is 342 g/mol. The van der Waals surface area contributed by atoms with Gasteiger partial charge in [-0.3, -0.25) is 0 Å². The molecule has 0 fully saturated rings. The lowest BCUT2D eigenvalue weighted by Crippen LogP contribution is -2.41. The van der Waals surface area contributed by atoms with E-state index in [1.54, 1.807) is 0 Å². The van der Waals surface area contributed by atoms with Gasteiger partial charge in [0.2, 0.25) is 0 Å². The third-order valence-corrected chi connectivity index (χ3v) is 9.48. The van der Waals surface area contributed by atoms with E-state index >= 15 is 0 Å². The molecule has 0 aliphatic rings. The van der Waals surface area contributed by atoms with Crippen LogP contribution in [0.1, 0.15) is 59.3 Å². The second-order valence-electron chi connectivity index (χ2n) is 7.10. The first-order valence-corrected chi connectivity index (χ1v) is 12.4. The maximum atomic E-state index is 6.86. The van der Waals surface area contributed by atoms with E-state index in [4.69, 9.17) is 4.43 Å². The Morgan fingerprint density at radius 3 is 1.79 bits per heavy atom. The molecule has 0 N–H and O–H groups in total. The third kappa shape index (κ3) is 5.37. The largest absolute Gasteiger partial charge is 0.543 e. The average Bonchev–Trinajstić information content (AvgIpc) is 2.62. The highest BCUT2D eigenvalue weighted by Gasteiger charge is 2.35. The van der Waals surface area contributed by atoms with Crippen LogP contribution in [0.5, 0.6) is 5.75 Å². The van der Waals surface area contributed by atoms with E-state index in [9.17, 15) is 0 Å². The Morgan fingerprint density at radius 1 is 0.708 bits per heavy atom. The molecule has 0 bridgehead atoms. The Morgan fingerprint density at radius 2 is 1.25 bits per heavy atom. The highest BCUT2D eigenvalue weighted by atomic mass is 28.4. The van der Waals surface area contributed by atoms with Gasteiger partial charge < -0.3 is 4.43 Å². The van der Waals surface area contributed by atoms with E-state index < -0.39 is 8.32 Å². The molecule has 24 heavy (non-hydrogen) atoms. The topological polar surface area (TPSA) is 9.23 Å². The van der Waals surface area contributed by atoms with Gasteiger partial charge in [0.05, 0.1) is 0 Å².